The van der Waals surface area contributed by atoms with Crippen LogP contribution in [0.1, 0.15) is 59.6 Å². The van der Waals surface area contributed by atoms with Gasteiger partial charge in [-0.05, 0) is 72.7 Å². The summed E-state index contributed by atoms with van der Waals surface area (Å²) >= 11 is 0. The predicted molar refractivity (Wildman–Crippen MR) is 151 cm³/mol. The molecule has 8 heteroatoms. The number of nitrogens with one attached hydrogen (secondary N) is 1. The largest absolute Gasteiger partial charge is 0.508 e. The van der Waals surface area contributed by atoms with Crippen LogP contribution in [0.3, 0.4) is 0 Å². The average Bonchev–Trinajstić information content (AvgIpc) is 3.50. The van der Waals surface area contributed by atoms with Crippen LogP contribution >= 0.6 is 0 Å². The molecule has 7 nitrogen and oxygen atoms in total. The van der Waals surface area contributed by atoms with Crippen molar-refractivity contribution in [3.05, 3.63) is 94.5 Å². The molecule has 1 unspecified atom stereocenters. The maximum atomic E-state index is 13.1. The summed E-state index contributed by atoms with van der Waals surface area (Å²) in [5.41, 5.74) is 4.07. The first-order valence-corrected chi connectivity index (χ1v) is 15.2. The van der Waals surface area contributed by atoms with Gasteiger partial charge in [-0.25, -0.2) is 8.42 Å². The molecule has 1 fully saturated rings. The van der Waals surface area contributed by atoms with E-state index in [9.17, 15) is 23.7 Å². The van der Waals surface area contributed by atoms with Gasteiger partial charge in [0.25, 0.3) is 0 Å². The van der Waals surface area contributed by atoms with Gasteiger partial charge in [0.1, 0.15) is 5.75 Å². The van der Waals surface area contributed by atoms with Crippen molar-refractivity contribution in [1.82, 2.24) is 5.32 Å². The smallest absolute Gasteiger partial charge is 0.181 e. The lowest BCUT2D eigenvalue weighted by Gasteiger charge is -2.15. The summed E-state index contributed by atoms with van der Waals surface area (Å²) in [6.07, 6.45) is 4.07. The van der Waals surface area contributed by atoms with Crippen molar-refractivity contribution in [2.75, 3.05) is 19.7 Å². The van der Waals surface area contributed by atoms with E-state index in [-0.39, 0.29) is 17.6 Å². The Kier molecular flexibility index (Phi) is 10.5. The minimum atomic E-state index is -3.30. The molecule has 3 aromatic carbocycles. The molecule has 0 spiro atoms. The van der Waals surface area contributed by atoms with Gasteiger partial charge in [-0.2, -0.15) is 0 Å². The monoisotopic (exact) mass is 553 g/mol. The van der Waals surface area contributed by atoms with Crippen LogP contribution in [0, 0.1) is 0 Å². The van der Waals surface area contributed by atoms with Crippen molar-refractivity contribution in [1.29, 1.82) is 0 Å². The van der Waals surface area contributed by atoms with E-state index in [0.717, 1.165) is 48.8 Å². The Morgan fingerprint density at radius 2 is 1.69 bits per heavy atom. The molecule has 210 valence electrons. The number of hydrogen-bond acceptors (Lipinski definition) is 7. The van der Waals surface area contributed by atoms with Crippen molar-refractivity contribution in [3.63, 3.8) is 0 Å². The number of hydrogen-bond donors (Lipinski definition) is 4. The van der Waals surface area contributed by atoms with Gasteiger partial charge in [0.2, 0.25) is 0 Å². The van der Waals surface area contributed by atoms with Crippen LogP contribution < -0.4 is 5.32 Å². The maximum Gasteiger partial charge on any atom is 0.181 e. The molecule has 0 saturated heterocycles. The van der Waals surface area contributed by atoms with Crippen LogP contribution in [-0.4, -0.2) is 48.7 Å². The molecule has 4 N–H and O–H groups in total. The van der Waals surface area contributed by atoms with E-state index < -0.39 is 15.9 Å². The predicted octanol–water partition coefficient (Wildman–Crippen LogP) is 4.23. The van der Waals surface area contributed by atoms with Gasteiger partial charge in [0.15, 0.2) is 9.84 Å². The second-order valence-corrected chi connectivity index (χ2v) is 12.4. The van der Waals surface area contributed by atoms with Gasteiger partial charge in [0, 0.05) is 12.1 Å². The molecule has 1 aliphatic rings. The fourth-order valence-corrected chi connectivity index (χ4v) is 7.26. The Balaban J connectivity index is 1.21. The number of rotatable bonds is 14. The van der Waals surface area contributed by atoms with Crippen molar-refractivity contribution in [2.45, 2.75) is 68.0 Å². The van der Waals surface area contributed by atoms with Crippen molar-refractivity contribution >= 4 is 9.84 Å². The third kappa shape index (κ3) is 7.90. The van der Waals surface area contributed by atoms with E-state index in [2.05, 4.69) is 17.4 Å². The Labute approximate surface area is 231 Å². The Morgan fingerprint density at radius 3 is 2.49 bits per heavy atom. The van der Waals surface area contributed by atoms with Gasteiger partial charge >= 0.3 is 0 Å². The number of phenols is 1. The summed E-state index contributed by atoms with van der Waals surface area (Å²) in [7, 11) is -3.30. The molecule has 4 rings (SSSR count). The highest BCUT2D eigenvalue weighted by Gasteiger charge is 2.31. The maximum absolute atomic E-state index is 13.1. The number of aromatic hydroxyl groups is 1. The van der Waals surface area contributed by atoms with Crippen LogP contribution in [0.15, 0.2) is 71.6 Å². The van der Waals surface area contributed by atoms with E-state index in [4.69, 9.17) is 4.74 Å². The molecule has 1 aliphatic carbocycles. The molecule has 0 bridgehead atoms. The second kappa shape index (κ2) is 14.1. The number of ether oxygens (including phenoxy) is 1. The summed E-state index contributed by atoms with van der Waals surface area (Å²) in [6.45, 7) is 1.64. The Bertz CT molecular complexity index is 1320. The zero-order valence-electron chi connectivity index (χ0n) is 22.3. The zero-order valence-corrected chi connectivity index (χ0v) is 23.1. The number of benzene rings is 3. The third-order valence-electron chi connectivity index (χ3n) is 7.38. The van der Waals surface area contributed by atoms with Gasteiger partial charge in [-0.3, -0.25) is 0 Å². The highest BCUT2D eigenvalue weighted by molar-refractivity contribution is 7.92. The minimum absolute atomic E-state index is 0.0161. The fourth-order valence-electron chi connectivity index (χ4n) is 5.14. The first-order chi connectivity index (χ1) is 18.9. The first-order valence-electron chi connectivity index (χ1n) is 13.7. The highest BCUT2D eigenvalue weighted by atomic mass is 32.2. The lowest BCUT2D eigenvalue weighted by molar-refractivity contribution is 0.123. The van der Waals surface area contributed by atoms with Crippen LogP contribution in [-0.2, 0) is 40.6 Å². The molecule has 39 heavy (non-hydrogen) atoms. The quantitative estimate of drug-likeness (QED) is 0.221. The Morgan fingerprint density at radius 1 is 0.923 bits per heavy atom. The fraction of sp³-hybridized carbons (Fsp3) is 0.419. The summed E-state index contributed by atoms with van der Waals surface area (Å²) in [5.74, 6) is 0.0161. The molecule has 0 heterocycles. The zero-order chi connectivity index (χ0) is 27.7. The summed E-state index contributed by atoms with van der Waals surface area (Å²) < 4.78 is 32.2. The van der Waals surface area contributed by atoms with Gasteiger partial charge in [0.05, 0.1) is 36.1 Å². The molecule has 0 radical (unpaired) electrons. The SMILES string of the molecule is O=S(=O)(c1ccccc1CCOCc1cccc(CCNCC(O)c2ccc(O)c(CO)c2)c1)C1CCCC1. The van der Waals surface area contributed by atoms with Gasteiger partial charge in [-0.15, -0.1) is 0 Å². The van der Waals surface area contributed by atoms with Crippen LogP contribution in [0.25, 0.3) is 0 Å². The number of aliphatic hydroxyl groups excluding tert-OH is 2. The van der Waals surface area contributed by atoms with Gasteiger partial charge < -0.3 is 25.4 Å². The van der Waals surface area contributed by atoms with E-state index in [0.29, 0.717) is 48.7 Å². The average molecular weight is 554 g/mol. The molecule has 1 saturated carbocycles. The molecular weight excluding hydrogens is 514 g/mol. The lowest BCUT2D eigenvalue weighted by atomic mass is 10.0. The van der Waals surface area contributed by atoms with E-state index in [1.807, 2.05) is 24.3 Å². The highest BCUT2D eigenvalue weighted by Crippen LogP contribution is 2.31. The Hall–Kier alpha value is -2.75. The van der Waals surface area contributed by atoms with Crippen molar-refractivity contribution in [3.8, 4) is 5.75 Å². The minimum Gasteiger partial charge on any atom is -0.508 e. The molecule has 1 atom stereocenters. The van der Waals surface area contributed by atoms with Crippen LogP contribution in [0.2, 0.25) is 0 Å². The summed E-state index contributed by atoms with van der Waals surface area (Å²) in [4.78, 5) is 0.458. The summed E-state index contributed by atoms with van der Waals surface area (Å²) in [5, 5.41) is 32.4. The van der Waals surface area contributed by atoms with Crippen molar-refractivity contribution < 1.29 is 28.5 Å². The van der Waals surface area contributed by atoms with Gasteiger partial charge in [-0.1, -0.05) is 61.4 Å². The summed E-state index contributed by atoms with van der Waals surface area (Å²) in [6, 6.07) is 20.2. The van der Waals surface area contributed by atoms with Crippen LogP contribution in [0.5, 0.6) is 5.75 Å². The molecule has 3 aromatic rings. The molecular formula is C31H39NO6S. The van der Waals surface area contributed by atoms with E-state index in [1.165, 1.54) is 6.07 Å². The molecule has 0 amide bonds. The number of aliphatic hydroxyl groups is 2. The topological polar surface area (TPSA) is 116 Å². The lowest BCUT2D eigenvalue weighted by Crippen LogP contribution is -2.23. The third-order valence-corrected chi connectivity index (χ3v) is 9.74. The van der Waals surface area contributed by atoms with Crippen LogP contribution in [0.4, 0.5) is 0 Å². The normalized spacial score (nSPS) is 15.0. The number of sulfone groups is 1. The molecule has 0 aliphatic heterocycles. The van der Waals surface area contributed by atoms with E-state index in [1.54, 1.807) is 24.3 Å². The molecule has 0 aromatic heterocycles. The first kappa shape index (κ1) is 29.2. The van der Waals surface area contributed by atoms with Crippen molar-refractivity contribution in [2.24, 2.45) is 0 Å². The van der Waals surface area contributed by atoms with E-state index >= 15 is 0 Å². The standard InChI is InChI=1S/C31H39NO6S/c33-21-27-19-26(12-13-29(27)34)30(35)20-32-16-14-23-6-5-7-24(18-23)22-38-17-15-25-8-1-4-11-31(25)39(36,37)28-9-2-3-10-28/h1,4-8,11-13,18-19,28,30,32-35H,2-3,9-10,14-17,20-22H2. The second-order valence-electron chi connectivity index (χ2n) is 10.2.